The maximum Gasteiger partial charge on any atom is 0.277 e. The number of amides is 1. The molecular formula is C22H18N4O4. The SMILES string of the molecule is Cc1ccccc1Cn1cc(NC(=O)c2cc(-c3ccc4c(c3)OCO4)on2)cn1. The number of aromatic nitrogens is 3. The minimum absolute atomic E-state index is 0.175. The van der Waals surface area contributed by atoms with Gasteiger partial charge in [-0.05, 0) is 36.2 Å². The number of nitrogens with zero attached hydrogens (tertiary/aromatic N) is 3. The Labute approximate surface area is 172 Å². The fourth-order valence-corrected chi connectivity index (χ4v) is 3.24. The molecular weight excluding hydrogens is 384 g/mol. The molecule has 2 aromatic carbocycles. The molecule has 1 amide bonds. The van der Waals surface area contributed by atoms with Crippen molar-refractivity contribution in [2.24, 2.45) is 0 Å². The predicted molar refractivity (Wildman–Crippen MR) is 109 cm³/mol. The van der Waals surface area contributed by atoms with E-state index in [0.29, 0.717) is 29.5 Å². The Balaban J connectivity index is 1.27. The molecule has 1 N–H and O–H groups in total. The summed E-state index contributed by atoms with van der Waals surface area (Å²) in [7, 11) is 0. The summed E-state index contributed by atoms with van der Waals surface area (Å²) in [5.41, 5.74) is 3.87. The fraction of sp³-hybridized carbons (Fsp3) is 0.136. The number of ether oxygens (including phenoxy) is 2. The molecule has 0 unspecified atom stereocenters. The van der Waals surface area contributed by atoms with E-state index in [-0.39, 0.29) is 18.4 Å². The third kappa shape index (κ3) is 3.50. The lowest BCUT2D eigenvalue weighted by Gasteiger charge is -2.05. The number of anilines is 1. The van der Waals surface area contributed by atoms with Crippen molar-refractivity contribution in [1.29, 1.82) is 0 Å². The first-order chi connectivity index (χ1) is 14.7. The first-order valence-corrected chi connectivity index (χ1v) is 9.41. The summed E-state index contributed by atoms with van der Waals surface area (Å²) in [4.78, 5) is 12.6. The van der Waals surface area contributed by atoms with Gasteiger partial charge in [-0.25, -0.2) is 0 Å². The molecule has 8 heteroatoms. The summed E-state index contributed by atoms with van der Waals surface area (Å²) in [6, 6.07) is 15.1. The van der Waals surface area contributed by atoms with Crippen LogP contribution in [0.1, 0.15) is 21.6 Å². The van der Waals surface area contributed by atoms with Gasteiger partial charge in [0.15, 0.2) is 23.0 Å². The molecule has 4 aromatic rings. The number of rotatable bonds is 5. The second-order valence-corrected chi connectivity index (χ2v) is 6.95. The summed E-state index contributed by atoms with van der Waals surface area (Å²) < 4.78 is 17.8. The Bertz CT molecular complexity index is 1230. The smallest absolute Gasteiger partial charge is 0.277 e. The Morgan fingerprint density at radius 2 is 2.00 bits per heavy atom. The quantitative estimate of drug-likeness (QED) is 0.545. The van der Waals surface area contributed by atoms with Gasteiger partial charge in [0, 0.05) is 17.8 Å². The second-order valence-electron chi connectivity index (χ2n) is 6.95. The van der Waals surface area contributed by atoms with Crippen LogP contribution in [0.2, 0.25) is 0 Å². The van der Waals surface area contributed by atoms with Crippen molar-refractivity contribution in [3.8, 4) is 22.8 Å². The monoisotopic (exact) mass is 402 g/mol. The number of carbonyl (C=O) groups is 1. The van der Waals surface area contributed by atoms with Gasteiger partial charge in [-0.3, -0.25) is 9.48 Å². The molecule has 0 radical (unpaired) electrons. The molecule has 0 saturated carbocycles. The fourth-order valence-electron chi connectivity index (χ4n) is 3.24. The Morgan fingerprint density at radius 3 is 2.90 bits per heavy atom. The molecule has 2 aromatic heterocycles. The van der Waals surface area contributed by atoms with Crippen molar-refractivity contribution in [2.75, 3.05) is 12.1 Å². The standard InChI is InChI=1S/C22H18N4O4/c1-14-4-2-3-5-16(14)11-26-12-17(10-23-26)24-22(27)18-9-20(30-25-18)15-6-7-19-21(8-15)29-13-28-19/h2-10,12H,11,13H2,1H3,(H,24,27). The number of fused-ring (bicyclic) bond motifs is 1. The van der Waals surface area contributed by atoms with Crippen LogP contribution in [-0.2, 0) is 6.54 Å². The maximum absolute atomic E-state index is 12.6. The van der Waals surface area contributed by atoms with Gasteiger partial charge in [0.2, 0.25) is 6.79 Å². The third-order valence-electron chi connectivity index (χ3n) is 4.88. The van der Waals surface area contributed by atoms with E-state index < -0.39 is 0 Å². The van der Waals surface area contributed by atoms with E-state index >= 15 is 0 Å². The molecule has 1 aliphatic rings. The number of hydrogen-bond acceptors (Lipinski definition) is 6. The van der Waals surface area contributed by atoms with Crippen LogP contribution in [-0.4, -0.2) is 27.6 Å². The van der Waals surface area contributed by atoms with Crippen LogP contribution in [0, 0.1) is 6.92 Å². The first kappa shape index (κ1) is 18.0. The van der Waals surface area contributed by atoms with Gasteiger partial charge in [0.05, 0.1) is 18.4 Å². The van der Waals surface area contributed by atoms with E-state index in [4.69, 9.17) is 14.0 Å². The Hall–Kier alpha value is -4.07. The zero-order valence-electron chi connectivity index (χ0n) is 16.2. The van der Waals surface area contributed by atoms with Crippen molar-refractivity contribution in [1.82, 2.24) is 14.9 Å². The van der Waals surface area contributed by atoms with E-state index in [9.17, 15) is 4.79 Å². The average molecular weight is 402 g/mol. The Kier molecular flexibility index (Phi) is 4.44. The van der Waals surface area contributed by atoms with Crippen LogP contribution in [0.5, 0.6) is 11.5 Å². The molecule has 3 heterocycles. The zero-order chi connectivity index (χ0) is 20.5. The lowest BCUT2D eigenvalue weighted by Crippen LogP contribution is -2.11. The Morgan fingerprint density at radius 1 is 1.13 bits per heavy atom. The molecule has 150 valence electrons. The highest BCUT2D eigenvalue weighted by Gasteiger charge is 2.18. The topological polar surface area (TPSA) is 91.4 Å². The number of carbonyl (C=O) groups excluding carboxylic acids is 1. The largest absolute Gasteiger partial charge is 0.454 e. The van der Waals surface area contributed by atoms with Crippen molar-refractivity contribution in [3.63, 3.8) is 0 Å². The number of nitrogens with one attached hydrogen (secondary N) is 1. The highest BCUT2D eigenvalue weighted by Crippen LogP contribution is 2.36. The van der Waals surface area contributed by atoms with Crippen molar-refractivity contribution in [2.45, 2.75) is 13.5 Å². The molecule has 30 heavy (non-hydrogen) atoms. The first-order valence-electron chi connectivity index (χ1n) is 9.41. The van der Waals surface area contributed by atoms with Crippen molar-refractivity contribution >= 4 is 11.6 Å². The summed E-state index contributed by atoms with van der Waals surface area (Å²) >= 11 is 0. The van der Waals surface area contributed by atoms with E-state index in [1.54, 1.807) is 35.3 Å². The summed E-state index contributed by atoms with van der Waals surface area (Å²) in [6.45, 7) is 2.88. The van der Waals surface area contributed by atoms with Crippen LogP contribution in [0.15, 0.2) is 65.4 Å². The molecule has 5 rings (SSSR count). The summed E-state index contributed by atoms with van der Waals surface area (Å²) in [5, 5.41) is 11.0. The van der Waals surface area contributed by atoms with E-state index in [2.05, 4.69) is 34.6 Å². The zero-order valence-corrected chi connectivity index (χ0v) is 16.2. The molecule has 0 saturated heterocycles. The van der Waals surface area contributed by atoms with Crippen molar-refractivity contribution < 1.29 is 18.8 Å². The molecule has 0 bridgehead atoms. The van der Waals surface area contributed by atoms with Gasteiger partial charge in [-0.15, -0.1) is 0 Å². The molecule has 0 spiro atoms. The second kappa shape index (κ2) is 7.40. The lowest BCUT2D eigenvalue weighted by molar-refractivity contribution is 0.101. The number of benzene rings is 2. The number of hydrogen-bond donors (Lipinski definition) is 1. The third-order valence-corrected chi connectivity index (χ3v) is 4.88. The van der Waals surface area contributed by atoms with E-state index in [0.717, 1.165) is 5.56 Å². The van der Waals surface area contributed by atoms with Gasteiger partial charge in [-0.2, -0.15) is 5.10 Å². The molecule has 0 atom stereocenters. The van der Waals surface area contributed by atoms with E-state index in [1.165, 1.54) is 11.1 Å². The predicted octanol–water partition coefficient (Wildman–Crippen LogP) is 3.88. The maximum atomic E-state index is 12.6. The average Bonchev–Trinajstić information content (AvgIpc) is 3.50. The van der Waals surface area contributed by atoms with Crippen LogP contribution in [0.3, 0.4) is 0 Å². The summed E-state index contributed by atoms with van der Waals surface area (Å²) in [6.07, 6.45) is 3.39. The van der Waals surface area contributed by atoms with Crippen molar-refractivity contribution in [3.05, 3.63) is 77.7 Å². The molecule has 0 aliphatic carbocycles. The number of aryl methyl sites for hydroxylation is 1. The van der Waals surface area contributed by atoms with Crippen LogP contribution in [0.25, 0.3) is 11.3 Å². The van der Waals surface area contributed by atoms with Crippen LogP contribution >= 0.6 is 0 Å². The van der Waals surface area contributed by atoms with Gasteiger partial charge >= 0.3 is 0 Å². The van der Waals surface area contributed by atoms with E-state index in [1.807, 2.05) is 18.2 Å². The highest BCUT2D eigenvalue weighted by molar-refractivity contribution is 6.03. The molecule has 8 nitrogen and oxygen atoms in total. The van der Waals surface area contributed by atoms with Gasteiger partial charge < -0.3 is 19.3 Å². The molecule has 0 fully saturated rings. The summed E-state index contributed by atoms with van der Waals surface area (Å²) in [5.74, 6) is 1.41. The molecule has 1 aliphatic heterocycles. The van der Waals surface area contributed by atoms with Crippen LogP contribution in [0.4, 0.5) is 5.69 Å². The normalized spacial score (nSPS) is 12.2. The van der Waals surface area contributed by atoms with Gasteiger partial charge in [0.1, 0.15) is 0 Å². The lowest BCUT2D eigenvalue weighted by atomic mass is 10.1. The minimum atomic E-state index is -0.374. The van der Waals surface area contributed by atoms with Gasteiger partial charge in [-0.1, -0.05) is 29.4 Å². The highest BCUT2D eigenvalue weighted by atomic mass is 16.7. The van der Waals surface area contributed by atoms with Crippen LogP contribution < -0.4 is 14.8 Å². The van der Waals surface area contributed by atoms with Gasteiger partial charge in [0.25, 0.3) is 5.91 Å². The minimum Gasteiger partial charge on any atom is -0.454 e.